The summed E-state index contributed by atoms with van der Waals surface area (Å²) >= 11 is 1.61. The average molecular weight is 413 g/mol. The van der Waals surface area contributed by atoms with Gasteiger partial charge in [0, 0.05) is 38.1 Å². The molecule has 3 heterocycles. The highest BCUT2D eigenvalue weighted by atomic mass is 32.1. The van der Waals surface area contributed by atoms with Gasteiger partial charge in [0.25, 0.3) is 0 Å². The molecule has 9 heteroatoms. The van der Waals surface area contributed by atoms with Gasteiger partial charge in [0.05, 0.1) is 22.8 Å². The number of aliphatic carboxylic acids is 2. The second-order valence-electron chi connectivity index (χ2n) is 6.72. The Kier molecular flexibility index (Phi) is 5.43. The van der Waals surface area contributed by atoms with Crippen molar-refractivity contribution in [1.29, 1.82) is 0 Å². The van der Waals surface area contributed by atoms with Crippen LogP contribution in [0.1, 0.15) is 5.69 Å². The number of imidazole rings is 1. The van der Waals surface area contributed by atoms with Gasteiger partial charge in [-0.3, -0.25) is 9.30 Å². The molecule has 1 unspecified atom stereocenters. The van der Waals surface area contributed by atoms with Crippen LogP contribution in [-0.4, -0.2) is 62.2 Å². The molecule has 2 aromatic heterocycles. The normalized spacial score (nSPS) is 18.2. The number of thiazole rings is 1. The van der Waals surface area contributed by atoms with E-state index >= 15 is 0 Å². The van der Waals surface area contributed by atoms with Gasteiger partial charge in [-0.25, -0.2) is 14.6 Å². The van der Waals surface area contributed by atoms with Crippen LogP contribution in [0.25, 0.3) is 15.4 Å². The minimum Gasteiger partial charge on any atom is -0.478 e. The Balaban J connectivity index is 1.47. The van der Waals surface area contributed by atoms with Crippen LogP contribution in [0.3, 0.4) is 0 Å². The fourth-order valence-electron chi connectivity index (χ4n) is 3.35. The summed E-state index contributed by atoms with van der Waals surface area (Å²) in [4.78, 5) is 31.0. The predicted octanol–water partition coefficient (Wildman–Crippen LogP) is 2.36. The largest absolute Gasteiger partial charge is 0.478 e. The van der Waals surface area contributed by atoms with E-state index in [0.717, 1.165) is 21.1 Å². The van der Waals surface area contributed by atoms with E-state index in [2.05, 4.69) is 17.1 Å². The van der Waals surface area contributed by atoms with Crippen LogP contribution in [0.2, 0.25) is 0 Å². The van der Waals surface area contributed by atoms with Gasteiger partial charge in [0.15, 0.2) is 4.96 Å². The van der Waals surface area contributed by atoms with Crippen molar-refractivity contribution >= 4 is 28.2 Å². The first-order valence-corrected chi connectivity index (χ1v) is 9.86. The molecule has 0 radical (unpaired) electrons. The van der Waals surface area contributed by atoms with Gasteiger partial charge >= 0.3 is 11.9 Å². The van der Waals surface area contributed by atoms with Gasteiger partial charge in [-0.1, -0.05) is 41.7 Å². The minimum absolute atomic E-state index is 0.250. The zero-order valence-electron chi connectivity index (χ0n) is 15.4. The standard InChI is InChI=1S/C20H19N3O5S/c24-18(25)8-15(19(26)27)16-11-22(6-7-28-16)9-14-10-23-12-17(29-20(23)21-14)13-4-2-1-3-5-13/h1-5,8,10,12,16H,6-7,9,11H2,(H,24,25)(H,26,27). The summed E-state index contributed by atoms with van der Waals surface area (Å²) in [5.74, 6) is -2.58. The average Bonchev–Trinajstić information content (AvgIpc) is 3.25. The fourth-order valence-corrected chi connectivity index (χ4v) is 4.34. The van der Waals surface area contributed by atoms with Gasteiger partial charge in [0.2, 0.25) is 0 Å². The molecule has 8 nitrogen and oxygen atoms in total. The number of hydrogen-bond acceptors (Lipinski definition) is 6. The molecule has 4 rings (SSSR count). The lowest BCUT2D eigenvalue weighted by molar-refractivity contribution is -0.137. The summed E-state index contributed by atoms with van der Waals surface area (Å²) in [5.41, 5.74) is 1.77. The summed E-state index contributed by atoms with van der Waals surface area (Å²) < 4.78 is 7.49. The third-order valence-corrected chi connectivity index (χ3v) is 5.72. The number of carboxylic acid groups (broad SMARTS) is 2. The Labute approximate surface area is 170 Å². The van der Waals surface area contributed by atoms with Crippen molar-refractivity contribution in [2.75, 3.05) is 19.7 Å². The van der Waals surface area contributed by atoms with Crippen LogP contribution in [0, 0.1) is 0 Å². The van der Waals surface area contributed by atoms with Gasteiger partial charge in [0.1, 0.15) is 6.10 Å². The van der Waals surface area contributed by atoms with E-state index in [9.17, 15) is 14.7 Å². The van der Waals surface area contributed by atoms with Crippen LogP contribution in [0.5, 0.6) is 0 Å². The molecule has 1 saturated heterocycles. The lowest BCUT2D eigenvalue weighted by atomic mass is 10.1. The zero-order valence-corrected chi connectivity index (χ0v) is 16.2. The lowest BCUT2D eigenvalue weighted by Gasteiger charge is -2.32. The molecule has 0 spiro atoms. The van der Waals surface area contributed by atoms with E-state index in [4.69, 9.17) is 9.84 Å². The molecule has 3 aromatic rings. The van der Waals surface area contributed by atoms with E-state index in [1.165, 1.54) is 0 Å². The first kappa shape index (κ1) is 19.3. The summed E-state index contributed by atoms with van der Waals surface area (Å²) in [5, 5.41) is 18.2. The molecular weight excluding hydrogens is 394 g/mol. The highest BCUT2D eigenvalue weighted by molar-refractivity contribution is 7.20. The molecule has 150 valence electrons. The molecule has 29 heavy (non-hydrogen) atoms. The number of benzene rings is 1. The predicted molar refractivity (Wildman–Crippen MR) is 107 cm³/mol. The smallest absolute Gasteiger partial charge is 0.334 e. The van der Waals surface area contributed by atoms with E-state index < -0.39 is 18.0 Å². The van der Waals surface area contributed by atoms with E-state index in [0.29, 0.717) is 32.3 Å². The van der Waals surface area contributed by atoms with Gasteiger partial charge in [-0.15, -0.1) is 0 Å². The van der Waals surface area contributed by atoms with Crippen LogP contribution < -0.4 is 0 Å². The summed E-state index contributed by atoms with van der Waals surface area (Å²) in [6.07, 6.45) is 3.93. The van der Waals surface area contributed by atoms with Crippen LogP contribution in [0.4, 0.5) is 0 Å². The van der Waals surface area contributed by atoms with Gasteiger partial charge < -0.3 is 14.9 Å². The van der Waals surface area contributed by atoms with Crippen molar-refractivity contribution in [1.82, 2.24) is 14.3 Å². The second kappa shape index (κ2) is 8.16. The highest BCUT2D eigenvalue weighted by Crippen LogP contribution is 2.28. The Bertz CT molecular complexity index is 1040. The summed E-state index contributed by atoms with van der Waals surface area (Å²) in [7, 11) is 0. The number of morpholine rings is 1. The molecule has 0 aliphatic carbocycles. The molecule has 1 fully saturated rings. The maximum Gasteiger partial charge on any atom is 0.334 e. The van der Waals surface area contributed by atoms with Crippen molar-refractivity contribution < 1.29 is 24.5 Å². The van der Waals surface area contributed by atoms with Crippen LogP contribution >= 0.6 is 11.3 Å². The molecule has 0 amide bonds. The minimum atomic E-state index is -1.30. The van der Waals surface area contributed by atoms with Crippen molar-refractivity contribution in [3.63, 3.8) is 0 Å². The number of carboxylic acids is 2. The Morgan fingerprint density at radius 1 is 1.24 bits per heavy atom. The molecule has 0 saturated carbocycles. The van der Waals surface area contributed by atoms with Crippen molar-refractivity contribution in [2.24, 2.45) is 0 Å². The van der Waals surface area contributed by atoms with Gasteiger partial charge in [-0.05, 0) is 5.56 Å². The number of carbonyl (C=O) groups is 2. The first-order chi connectivity index (χ1) is 14.0. The quantitative estimate of drug-likeness (QED) is 0.598. The molecular formula is C20H19N3O5S. The Morgan fingerprint density at radius 2 is 2.03 bits per heavy atom. The van der Waals surface area contributed by atoms with E-state index in [1.807, 2.05) is 39.9 Å². The molecule has 2 N–H and O–H groups in total. The van der Waals surface area contributed by atoms with Crippen molar-refractivity contribution in [3.8, 4) is 10.4 Å². The number of aromatic nitrogens is 2. The Morgan fingerprint density at radius 3 is 2.72 bits per heavy atom. The van der Waals surface area contributed by atoms with Crippen LogP contribution in [-0.2, 0) is 20.9 Å². The maximum absolute atomic E-state index is 11.4. The SMILES string of the molecule is O=C(O)C=C(C(=O)O)C1CN(Cc2cn3cc(-c4ccccc4)sc3n2)CCO1. The summed E-state index contributed by atoms with van der Waals surface area (Å²) in [6.45, 7) is 1.78. The Hall–Kier alpha value is -3.01. The van der Waals surface area contributed by atoms with Crippen molar-refractivity contribution in [3.05, 3.63) is 60.1 Å². The van der Waals surface area contributed by atoms with E-state index in [-0.39, 0.29) is 5.57 Å². The number of nitrogens with zero attached hydrogens (tertiary/aromatic N) is 3. The fraction of sp³-hybridized carbons (Fsp3) is 0.250. The molecule has 0 bridgehead atoms. The van der Waals surface area contributed by atoms with Gasteiger partial charge in [-0.2, -0.15) is 0 Å². The molecule has 1 aliphatic heterocycles. The molecule has 1 atom stereocenters. The number of rotatable bonds is 6. The van der Waals surface area contributed by atoms with Crippen LogP contribution in [0.15, 0.2) is 54.4 Å². The summed E-state index contributed by atoms with van der Waals surface area (Å²) in [6, 6.07) is 10.1. The molecule has 1 aromatic carbocycles. The second-order valence-corrected chi connectivity index (χ2v) is 7.73. The number of hydrogen-bond donors (Lipinski definition) is 2. The monoisotopic (exact) mass is 413 g/mol. The topological polar surface area (TPSA) is 104 Å². The zero-order chi connectivity index (χ0) is 20.4. The molecule has 1 aliphatic rings. The first-order valence-electron chi connectivity index (χ1n) is 9.04. The maximum atomic E-state index is 11.4. The van der Waals surface area contributed by atoms with E-state index in [1.54, 1.807) is 11.3 Å². The number of fused-ring (bicyclic) bond motifs is 1. The van der Waals surface area contributed by atoms with Crippen molar-refractivity contribution in [2.45, 2.75) is 12.6 Å². The number of ether oxygens (including phenoxy) is 1. The lowest BCUT2D eigenvalue weighted by Crippen LogP contribution is -2.44. The third-order valence-electron chi connectivity index (χ3n) is 4.67. The highest BCUT2D eigenvalue weighted by Gasteiger charge is 2.28. The third kappa shape index (κ3) is 4.37.